The highest BCUT2D eigenvalue weighted by atomic mass is 32.2. The Hall–Kier alpha value is -2.38. The number of nitrogens with one attached hydrogen (secondary N) is 2. The van der Waals surface area contributed by atoms with E-state index in [2.05, 4.69) is 10.0 Å². The van der Waals surface area contributed by atoms with Crippen molar-refractivity contribution in [3.8, 4) is 5.75 Å². The van der Waals surface area contributed by atoms with Crippen LogP contribution in [0.2, 0.25) is 0 Å². The van der Waals surface area contributed by atoms with Crippen LogP contribution >= 0.6 is 0 Å². The molecule has 2 N–H and O–H groups in total. The third kappa shape index (κ3) is 6.08. The lowest BCUT2D eigenvalue weighted by atomic mass is 10.1. The van der Waals surface area contributed by atoms with Gasteiger partial charge in [-0.15, -0.1) is 0 Å². The Balaban J connectivity index is 1.93. The van der Waals surface area contributed by atoms with Crippen LogP contribution in [0.1, 0.15) is 31.4 Å². The highest BCUT2D eigenvalue weighted by Crippen LogP contribution is 2.18. The maximum absolute atomic E-state index is 12.2. The molecule has 1 atom stereocenters. The summed E-state index contributed by atoms with van der Waals surface area (Å²) in [5.74, 6) is 0.144. The van der Waals surface area contributed by atoms with Gasteiger partial charge in [-0.2, -0.15) is 0 Å². The van der Waals surface area contributed by atoms with Crippen molar-refractivity contribution >= 4 is 21.6 Å². The molecule has 0 saturated heterocycles. The average molecular weight is 391 g/mol. The molecule has 2 rings (SSSR count). The Morgan fingerprint density at radius 3 is 2.37 bits per heavy atom. The monoisotopic (exact) mass is 390 g/mol. The van der Waals surface area contributed by atoms with E-state index >= 15 is 0 Å². The molecule has 1 amide bonds. The smallest absolute Gasteiger partial charge is 0.262 e. The van der Waals surface area contributed by atoms with Crippen LogP contribution in [0, 0.1) is 13.8 Å². The number of amides is 1. The molecule has 0 aliphatic heterocycles. The van der Waals surface area contributed by atoms with E-state index in [4.69, 9.17) is 4.74 Å². The largest absolute Gasteiger partial charge is 0.484 e. The van der Waals surface area contributed by atoms with Gasteiger partial charge in [0, 0.05) is 11.7 Å². The highest BCUT2D eigenvalue weighted by molar-refractivity contribution is 7.89. The van der Waals surface area contributed by atoms with Gasteiger partial charge in [-0.1, -0.05) is 24.6 Å². The number of benzene rings is 2. The summed E-state index contributed by atoms with van der Waals surface area (Å²) in [5.41, 5.74) is 2.85. The van der Waals surface area contributed by atoms with Crippen LogP contribution in [-0.4, -0.2) is 27.0 Å². The fraction of sp³-hybridized carbons (Fsp3) is 0.350. The summed E-state index contributed by atoms with van der Waals surface area (Å²) >= 11 is 0. The zero-order valence-corrected chi connectivity index (χ0v) is 16.9. The normalized spacial score (nSPS) is 12.4. The molecule has 27 heavy (non-hydrogen) atoms. The number of carbonyl (C=O) groups excluding carboxylic acids is 1. The minimum atomic E-state index is -3.55. The van der Waals surface area contributed by atoms with E-state index in [1.54, 1.807) is 0 Å². The van der Waals surface area contributed by atoms with Gasteiger partial charge in [-0.05, 0) is 63.1 Å². The molecular formula is C20H26N2O4S. The van der Waals surface area contributed by atoms with Crippen LogP contribution < -0.4 is 14.8 Å². The molecule has 0 bridgehead atoms. The first-order chi connectivity index (χ1) is 12.7. The van der Waals surface area contributed by atoms with Crippen molar-refractivity contribution in [2.45, 2.75) is 45.1 Å². The summed E-state index contributed by atoms with van der Waals surface area (Å²) < 4.78 is 32.5. The second kappa shape index (κ2) is 9.01. The summed E-state index contributed by atoms with van der Waals surface area (Å²) in [6.07, 6.45) is 0.704. The fourth-order valence-corrected chi connectivity index (χ4v) is 3.75. The van der Waals surface area contributed by atoms with Crippen molar-refractivity contribution in [2.75, 3.05) is 11.9 Å². The van der Waals surface area contributed by atoms with Gasteiger partial charge < -0.3 is 10.1 Å². The predicted octanol–water partition coefficient (Wildman–Crippen LogP) is 3.40. The number of rotatable bonds is 8. The van der Waals surface area contributed by atoms with Crippen molar-refractivity contribution in [2.24, 2.45) is 0 Å². The van der Waals surface area contributed by atoms with E-state index in [1.807, 2.05) is 45.9 Å². The second-order valence-corrected chi connectivity index (χ2v) is 8.27. The minimum absolute atomic E-state index is 0.139. The van der Waals surface area contributed by atoms with Crippen LogP contribution in [0.15, 0.2) is 47.4 Å². The van der Waals surface area contributed by atoms with Crippen LogP contribution in [0.3, 0.4) is 0 Å². The van der Waals surface area contributed by atoms with E-state index in [0.717, 1.165) is 16.8 Å². The summed E-state index contributed by atoms with van der Waals surface area (Å²) in [6, 6.07) is 11.6. The Labute approximate surface area is 161 Å². The highest BCUT2D eigenvalue weighted by Gasteiger charge is 2.16. The molecule has 0 unspecified atom stereocenters. The Kier molecular flexibility index (Phi) is 6.98. The molecule has 0 spiro atoms. The standard InChI is InChI=1S/C20H26N2O4S/c1-5-16(4)22-27(24,25)18-9-7-17(8-10-18)26-13-20(23)21-19-11-6-14(2)12-15(19)3/h6-12,16,22H,5,13H2,1-4H3,(H,21,23)/t16-/m1/s1. The molecule has 2 aromatic carbocycles. The number of ether oxygens (including phenoxy) is 1. The van der Waals surface area contributed by atoms with Gasteiger partial charge >= 0.3 is 0 Å². The maximum Gasteiger partial charge on any atom is 0.262 e. The molecule has 146 valence electrons. The molecule has 0 aliphatic carbocycles. The quantitative estimate of drug-likeness (QED) is 0.723. The van der Waals surface area contributed by atoms with Gasteiger partial charge in [0.05, 0.1) is 4.90 Å². The molecule has 0 saturated carbocycles. The maximum atomic E-state index is 12.2. The Morgan fingerprint density at radius 2 is 1.78 bits per heavy atom. The van der Waals surface area contributed by atoms with E-state index in [-0.39, 0.29) is 23.5 Å². The molecule has 0 heterocycles. The number of aryl methyl sites for hydroxylation is 2. The van der Waals surface area contributed by atoms with Crippen LogP contribution in [0.5, 0.6) is 5.75 Å². The summed E-state index contributed by atoms with van der Waals surface area (Å²) in [4.78, 5) is 12.2. The number of anilines is 1. The van der Waals surface area contributed by atoms with Crippen molar-refractivity contribution in [1.29, 1.82) is 0 Å². The second-order valence-electron chi connectivity index (χ2n) is 6.56. The lowest BCUT2D eigenvalue weighted by molar-refractivity contribution is -0.118. The van der Waals surface area contributed by atoms with Gasteiger partial charge in [-0.3, -0.25) is 4.79 Å². The lowest BCUT2D eigenvalue weighted by Crippen LogP contribution is -2.31. The van der Waals surface area contributed by atoms with E-state index < -0.39 is 10.0 Å². The first-order valence-corrected chi connectivity index (χ1v) is 10.3. The zero-order chi connectivity index (χ0) is 20.0. The first kappa shape index (κ1) is 20.9. The summed E-state index contributed by atoms with van der Waals surface area (Å²) in [6.45, 7) is 7.47. The Bertz CT molecular complexity index is 893. The molecule has 0 aromatic heterocycles. The van der Waals surface area contributed by atoms with Gasteiger partial charge in [0.1, 0.15) is 5.75 Å². The number of hydrogen-bond donors (Lipinski definition) is 2. The van der Waals surface area contributed by atoms with Gasteiger partial charge in [0.25, 0.3) is 5.91 Å². The number of sulfonamides is 1. The number of carbonyl (C=O) groups is 1. The molecule has 0 aliphatic rings. The third-order valence-electron chi connectivity index (χ3n) is 4.13. The van der Waals surface area contributed by atoms with Gasteiger partial charge in [0.15, 0.2) is 6.61 Å². The van der Waals surface area contributed by atoms with Crippen LogP contribution in [-0.2, 0) is 14.8 Å². The average Bonchev–Trinajstić information content (AvgIpc) is 2.62. The Morgan fingerprint density at radius 1 is 1.11 bits per heavy atom. The van der Waals surface area contributed by atoms with Crippen molar-refractivity contribution in [3.63, 3.8) is 0 Å². The fourth-order valence-electron chi connectivity index (χ4n) is 2.42. The summed E-state index contributed by atoms with van der Waals surface area (Å²) in [7, 11) is -3.55. The molecule has 6 nitrogen and oxygen atoms in total. The summed E-state index contributed by atoms with van der Waals surface area (Å²) in [5, 5.41) is 2.80. The van der Waals surface area contributed by atoms with Crippen molar-refractivity contribution < 1.29 is 17.9 Å². The lowest BCUT2D eigenvalue weighted by Gasteiger charge is -2.13. The SMILES string of the molecule is CC[C@@H](C)NS(=O)(=O)c1ccc(OCC(=O)Nc2ccc(C)cc2C)cc1. The van der Waals surface area contributed by atoms with Gasteiger partial charge in [-0.25, -0.2) is 13.1 Å². The molecule has 2 aromatic rings. The molecule has 7 heteroatoms. The molecule has 0 radical (unpaired) electrons. The first-order valence-electron chi connectivity index (χ1n) is 8.83. The van der Waals surface area contributed by atoms with Crippen molar-refractivity contribution in [1.82, 2.24) is 4.72 Å². The van der Waals surface area contributed by atoms with E-state index in [9.17, 15) is 13.2 Å². The molecule has 0 fully saturated rings. The number of hydrogen-bond acceptors (Lipinski definition) is 4. The van der Waals surface area contributed by atoms with E-state index in [1.165, 1.54) is 24.3 Å². The predicted molar refractivity (Wildman–Crippen MR) is 107 cm³/mol. The zero-order valence-electron chi connectivity index (χ0n) is 16.1. The topological polar surface area (TPSA) is 84.5 Å². The van der Waals surface area contributed by atoms with Crippen LogP contribution in [0.25, 0.3) is 0 Å². The third-order valence-corrected chi connectivity index (χ3v) is 5.73. The van der Waals surface area contributed by atoms with E-state index in [0.29, 0.717) is 12.2 Å². The minimum Gasteiger partial charge on any atom is -0.484 e. The van der Waals surface area contributed by atoms with Crippen molar-refractivity contribution in [3.05, 3.63) is 53.6 Å². The molecular weight excluding hydrogens is 364 g/mol. The van der Waals surface area contributed by atoms with Crippen LogP contribution in [0.4, 0.5) is 5.69 Å². The van der Waals surface area contributed by atoms with Gasteiger partial charge in [0.2, 0.25) is 10.0 Å².